The second-order valence-electron chi connectivity index (χ2n) is 3.94. The lowest BCUT2D eigenvalue weighted by molar-refractivity contribution is 0.305. The van der Waals surface area contributed by atoms with Gasteiger partial charge in [-0.2, -0.15) is 0 Å². The lowest BCUT2D eigenvalue weighted by atomic mass is 10.2. The zero-order chi connectivity index (χ0) is 15.3. The van der Waals surface area contributed by atoms with Gasteiger partial charge in [0, 0.05) is 12.0 Å². The molecule has 0 atom stereocenters. The van der Waals surface area contributed by atoms with E-state index in [4.69, 9.17) is 16.7 Å². The number of sulfonamides is 1. The first kappa shape index (κ1) is 15.4. The Morgan fingerprint density at radius 3 is 2.86 bits per heavy atom. The molecular formula is C13H11ClN2O4S. The highest BCUT2D eigenvalue weighted by Gasteiger charge is 2.18. The highest BCUT2D eigenvalue weighted by molar-refractivity contribution is 7.92. The normalized spacial score (nSPS) is 10.8. The molecule has 6 nitrogen and oxygen atoms in total. The van der Waals surface area contributed by atoms with Gasteiger partial charge in [0.2, 0.25) is 0 Å². The molecule has 0 bridgehead atoms. The Bertz CT molecular complexity index is 776. The second-order valence-corrected chi connectivity index (χ2v) is 6.00. The lowest BCUT2D eigenvalue weighted by Crippen LogP contribution is -2.13. The highest BCUT2D eigenvalue weighted by Crippen LogP contribution is 2.24. The van der Waals surface area contributed by atoms with E-state index in [1.807, 2.05) is 0 Å². The van der Waals surface area contributed by atoms with Gasteiger partial charge in [0.1, 0.15) is 16.8 Å². The monoisotopic (exact) mass is 326 g/mol. The summed E-state index contributed by atoms with van der Waals surface area (Å²) in [7, 11) is -3.83. The van der Waals surface area contributed by atoms with E-state index in [1.54, 1.807) is 6.07 Å². The number of hydrogen-bond acceptors (Lipinski definition) is 5. The summed E-state index contributed by atoms with van der Waals surface area (Å²) >= 11 is 5.99. The minimum absolute atomic E-state index is 0.0319. The van der Waals surface area contributed by atoms with E-state index in [-0.39, 0.29) is 22.2 Å². The molecule has 2 N–H and O–H groups in total. The third kappa shape index (κ3) is 3.98. The first-order valence-corrected chi connectivity index (χ1v) is 7.70. The van der Waals surface area contributed by atoms with Gasteiger partial charge in [0.05, 0.1) is 17.8 Å². The molecular weight excluding hydrogens is 316 g/mol. The molecule has 0 aliphatic carbocycles. The van der Waals surface area contributed by atoms with Gasteiger partial charge in [-0.05, 0) is 18.2 Å². The largest absolute Gasteiger partial charge is 0.395 e. The third-order valence-corrected chi connectivity index (χ3v) is 4.24. The molecule has 0 saturated carbocycles. The zero-order valence-corrected chi connectivity index (χ0v) is 12.3. The molecule has 0 radical (unpaired) electrons. The molecule has 0 aliphatic heterocycles. The molecule has 2 aromatic rings. The number of nitrogens with zero attached hydrogens (tertiary/aromatic N) is 1. The van der Waals surface area contributed by atoms with Crippen LogP contribution in [0.25, 0.3) is 0 Å². The summed E-state index contributed by atoms with van der Waals surface area (Å²) in [5, 5.41) is 12.1. The van der Waals surface area contributed by atoms with Gasteiger partial charge in [-0.25, -0.2) is 8.42 Å². The first-order valence-electron chi connectivity index (χ1n) is 5.84. The number of aliphatic hydroxyl groups is 1. The molecule has 110 valence electrons. The summed E-state index contributed by atoms with van der Waals surface area (Å²) in [5.74, 6) is 5.50. The van der Waals surface area contributed by atoms with Crippen LogP contribution in [-0.4, -0.2) is 25.3 Å². The van der Waals surface area contributed by atoms with Crippen LogP contribution in [0.4, 0.5) is 5.69 Å². The average molecular weight is 327 g/mol. The van der Waals surface area contributed by atoms with Crippen LogP contribution >= 0.6 is 11.6 Å². The van der Waals surface area contributed by atoms with Crippen molar-refractivity contribution < 1.29 is 18.0 Å². The number of rotatable bonds is 4. The van der Waals surface area contributed by atoms with Crippen molar-refractivity contribution in [2.75, 3.05) is 11.3 Å². The molecule has 2 rings (SSSR count). The summed E-state index contributed by atoms with van der Waals surface area (Å²) in [6.45, 7) is -0.0319. The van der Waals surface area contributed by atoms with Crippen LogP contribution in [0.2, 0.25) is 5.02 Å². The van der Waals surface area contributed by atoms with Crippen molar-refractivity contribution >= 4 is 27.3 Å². The number of benzene rings is 1. The number of aromatic nitrogens is 1. The number of halogens is 1. The zero-order valence-electron chi connectivity index (χ0n) is 10.7. The summed E-state index contributed by atoms with van der Waals surface area (Å²) in [5.41, 5.74) is 0.773. The van der Waals surface area contributed by atoms with Crippen molar-refractivity contribution in [3.8, 4) is 11.8 Å². The Kier molecular flexibility index (Phi) is 4.85. The molecule has 1 aromatic heterocycles. The van der Waals surface area contributed by atoms with E-state index in [0.29, 0.717) is 12.0 Å². The fourth-order valence-corrected chi connectivity index (χ4v) is 3.05. The molecule has 21 heavy (non-hydrogen) atoms. The smallest absolute Gasteiger partial charge is 0.263 e. The van der Waals surface area contributed by atoms with E-state index in [9.17, 15) is 8.42 Å². The number of anilines is 1. The standard InChI is InChI=1S/C13H11ClN2O4S/c14-12-7-10(3-1-2-6-17)4-5-13(12)21(18,19)16-11-8-15-20-9-11/h4-5,7-9,16-17H,2,6H2. The number of nitrogens with one attached hydrogen (secondary N) is 1. The molecule has 1 aromatic carbocycles. The molecule has 0 spiro atoms. The predicted octanol–water partition coefficient (Wildman–Crippen LogP) is 1.86. The van der Waals surface area contributed by atoms with Crippen molar-refractivity contribution in [3.05, 3.63) is 41.2 Å². The van der Waals surface area contributed by atoms with Crippen molar-refractivity contribution in [2.24, 2.45) is 0 Å². The van der Waals surface area contributed by atoms with Crippen molar-refractivity contribution in [2.45, 2.75) is 11.3 Å². The van der Waals surface area contributed by atoms with Crippen molar-refractivity contribution in [1.29, 1.82) is 0 Å². The fraction of sp³-hybridized carbons (Fsp3) is 0.154. The van der Waals surface area contributed by atoms with Crippen LogP contribution in [0.5, 0.6) is 0 Å². The average Bonchev–Trinajstić information content (AvgIpc) is 2.91. The molecule has 0 amide bonds. The third-order valence-electron chi connectivity index (χ3n) is 2.38. The first-order chi connectivity index (χ1) is 10.0. The molecule has 8 heteroatoms. The minimum atomic E-state index is -3.83. The van der Waals surface area contributed by atoms with Crippen LogP contribution in [0.3, 0.4) is 0 Å². The van der Waals surface area contributed by atoms with Gasteiger partial charge in [-0.15, -0.1) is 0 Å². The fourth-order valence-electron chi connectivity index (χ4n) is 1.48. The van der Waals surface area contributed by atoms with Crippen molar-refractivity contribution in [3.63, 3.8) is 0 Å². The predicted molar refractivity (Wildman–Crippen MR) is 77.3 cm³/mol. The van der Waals surface area contributed by atoms with Crippen LogP contribution in [0.1, 0.15) is 12.0 Å². The van der Waals surface area contributed by atoms with E-state index < -0.39 is 10.0 Å². The maximum Gasteiger partial charge on any atom is 0.263 e. The Labute approximate surface area is 126 Å². The Morgan fingerprint density at radius 2 is 2.24 bits per heavy atom. The molecule has 0 aliphatic rings. The van der Waals surface area contributed by atoms with Crippen molar-refractivity contribution in [1.82, 2.24) is 5.16 Å². The quantitative estimate of drug-likeness (QED) is 0.837. The molecule has 0 unspecified atom stereocenters. The summed E-state index contributed by atoms with van der Waals surface area (Å²) in [6, 6.07) is 4.35. The van der Waals surface area contributed by atoms with Gasteiger partial charge in [0.15, 0.2) is 0 Å². The maximum atomic E-state index is 12.2. The Balaban J connectivity index is 2.26. The van der Waals surface area contributed by atoms with E-state index >= 15 is 0 Å². The second kappa shape index (κ2) is 6.63. The molecule has 0 saturated heterocycles. The van der Waals surface area contributed by atoms with Gasteiger partial charge in [0.25, 0.3) is 10.0 Å². The number of aliphatic hydroxyl groups excluding tert-OH is 1. The maximum absolute atomic E-state index is 12.2. The van der Waals surface area contributed by atoms with Gasteiger partial charge in [-0.3, -0.25) is 4.72 Å². The van der Waals surface area contributed by atoms with Crippen LogP contribution in [0, 0.1) is 11.8 Å². The van der Waals surface area contributed by atoms with E-state index in [0.717, 1.165) is 0 Å². The SMILES string of the molecule is O=S(=O)(Nc1cnoc1)c1ccc(C#CCCO)cc1Cl. The lowest BCUT2D eigenvalue weighted by Gasteiger charge is -2.07. The van der Waals surface area contributed by atoms with Crippen LogP contribution in [0.15, 0.2) is 40.1 Å². The van der Waals surface area contributed by atoms with Gasteiger partial charge in [-0.1, -0.05) is 28.6 Å². The summed E-state index contributed by atoms with van der Waals surface area (Å²) in [4.78, 5) is -0.0712. The topological polar surface area (TPSA) is 92.4 Å². The van der Waals surface area contributed by atoms with Crippen LogP contribution < -0.4 is 4.72 Å². The minimum Gasteiger partial charge on any atom is -0.395 e. The number of hydrogen-bond donors (Lipinski definition) is 2. The highest BCUT2D eigenvalue weighted by atomic mass is 35.5. The Morgan fingerprint density at radius 1 is 1.43 bits per heavy atom. The van der Waals surface area contributed by atoms with E-state index in [1.165, 1.54) is 24.6 Å². The summed E-state index contributed by atoms with van der Waals surface area (Å²) in [6.07, 6.45) is 2.74. The van der Waals surface area contributed by atoms with Crippen LogP contribution in [-0.2, 0) is 10.0 Å². The molecule has 0 fully saturated rings. The molecule has 1 heterocycles. The van der Waals surface area contributed by atoms with E-state index in [2.05, 4.69) is 26.2 Å². The summed E-state index contributed by atoms with van der Waals surface area (Å²) < 4.78 is 31.2. The van der Waals surface area contributed by atoms with Gasteiger partial charge >= 0.3 is 0 Å². The van der Waals surface area contributed by atoms with Gasteiger partial charge < -0.3 is 9.63 Å². The Hall–Kier alpha value is -2.01.